The van der Waals surface area contributed by atoms with Crippen LogP contribution < -0.4 is 10.2 Å². The number of halogens is 1. The lowest BCUT2D eigenvalue weighted by Crippen LogP contribution is -2.34. The minimum absolute atomic E-state index is 0.332. The Hall–Kier alpha value is -2.34. The average molecular weight is 358 g/mol. The Balaban J connectivity index is 1.53. The molecule has 0 saturated carbocycles. The molecule has 130 valence electrons. The molecule has 0 atom stereocenters. The summed E-state index contributed by atoms with van der Waals surface area (Å²) in [5.74, 6) is 2.03. The van der Waals surface area contributed by atoms with Gasteiger partial charge in [0.1, 0.15) is 17.5 Å². The molecule has 1 saturated heterocycles. The zero-order valence-corrected chi connectivity index (χ0v) is 15.0. The minimum atomic E-state index is 0.332. The Labute approximate surface area is 151 Å². The number of aryl methyl sites for hydroxylation is 1. The second-order valence-corrected chi connectivity index (χ2v) is 6.71. The predicted octanol–water partition coefficient (Wildman–Crippen LogP) is 4.01. The fourth-order valence-electron chi connectivity index (χ4n) is 3.43. The number of nitrogens with one attached hydrogen (secondary N) is 1. The summed E-state index contributed by atoms with van der Waals surface area (Å²) in [7, 11) is 1.83. The summed E-state index contributed by atoms with van der Waals surface area (Å²) in [6.45, 7) is 3.81. The van der Waals surface area contributed by atoms with Crippen molar-refractivity contribution in [1.29, 1.82) is 0 Å². The summed E-state index contributed by atoms with van der Waals surface area (Å²) in [6, 6.07) is 6.08. The number of hydrogen-bond donors (Lipinski definition) is 1. The summed E-state index contributed by atoms with van der Waals surface area (Å²) >= 11 is 6.17. The zero-order valence-electron chi connectivity index (χ0n) is 14.3. The van der Waals surface area contributed by atoms with Gasteiger partial charge in [0.2, 0.25) is 0 Å². The number of piperidine rings is 1. The summed E-state index contributed by atoms with van der Waals surface area (Å²) < 4.78 is 6.05. The molecule has 0 radical (unpaired) electrons. The number of para-hydroxylation sites is 1. The van der Waals surface area contributed by atoms with Crippen LogP contribution >= 0.6 is 11.6 Å². The highest BCUT2D eigenvalue weighted by atomic mass is 35.5. The van der Waals surface area contributed by atoms with E-state index in [-0.39, 0.29) is 0 Å². The second-order valence-electron chi connectivity index (χ2n) is 6.35. The van der Waals surface area contributed by atoms with E-state index in [4.69, 9.17) is 21.0 Å². The van der Waals surface area contributed by atoms with E-state index in [1.807, 2.05) is 19.2 Å². The molecule has 0 bridgehead atoms. The van der Waals surface area contributed by atoms with Crippen LogP contribution in [-0.2, 0) is 0 Å². The van der Waals surface area contributed by atoms with Crippen LogP contribution in [0.25, 0.3) is 11.1 Å². The highest BCUT2D eigenvalue weighted by Crippen LogP contribution is 2.35. The van der Waals surface area contributed by atoms with E-state index in [2.05, 4.69) is 33.2 Å². The van der Waals surface area contributed by atoms with Crippen molar-refractivity contribution in [1.82, 2.24) is 15.0 Å². The molecular formula is C18H20ClN5O. The van der Waals surface area contributed by atoms with Gasteiger partial charge in [-0.1, -0.05) is 23.7 Å². The van der Waals surface area contributed by atoms with Gasteiger partial charge in [-0.25, -0.2) is 15.0 Å². The molecule has 0 spiro atoms. The van der Waals surface area contributed by atoms with Gasteiger partial charge in [-0.05, 0) is 31.4 Å². The maximum Gasteiger partial charge on any atom is 0.198 e. The fourth-order valence-corrected chi connectivity index (χ4v) is 3.65. The Morgan fingerprint density at radius 2 is 2.04 bits per heavy atom. The third kappa shape index (κ3) is 2.91. The average Bonchev–Trinajstić information content (AvgIpc) is 3.07. The lowest BCUT2D eigenvalue weighted by Gasteiger charge is -2.32. The van der Waals surface area contributed by atoms with Crippen LogP contribution in [0, 0.1) is 6.92 Å². The van der Waals surface area contributed by atoms with E-state index >= 15 is 0 Å². The van der Waals surface area contributed by atoms with Crippen LogP contribution in [0.4, 0.5) is 11.5 Å². The van der Waals surface area contributed by atoms with Gasteiger partial charge in [-0.15, -0.1) is 0 Å². The molecule has 1 N–H and O–H groups in total. The molecule has 3 aromatic rings. The quantitative estimate of drug-likeness (QED) is 0.714. The van der Waals surface area contributed by atoms with E-state index in [1.54, 1.807) is 0 Å². The van der Waals surface area contributed by atoms with E-state index in [1.165, 1.54) is 6.33 Å². The summed E-state index contributed by atoms with van der Waals surface area (Å²) in [5, 5.41) is 3.55. The van der Waals surface area contributed by atoms with Crippen molar-refractivity contribution in [3.63, 3.8) is 0 Å². The van der Waals surface area contributed by atoms with Crippen molar-refractivity contribution < 1.29 is 4.42 Å². The maximum atomic E-state index is 6.17. The van der Waals surface area contributed by atoms with Crippen molar-refractivity contribution in [3.8, 4) is 0 Å². The largest absolute Gasteiger partial charge is 0.440 e. The Kier molecular flexibility index (Phi) is 4.21. The lowest BCUT2D eigenvalue weighted by molar-refractivity contribution is 0.406. The molecule has 1 fully saturated rings. The van der Waals surface area contributed by atoms with Crippen molar-refractivity contribution in [2.75, 3.05) is 30.4 Å². The molecule has 0 unspecified atom stereocenters. The predicted molar refractivity (Wildman–Crippen MR) is 99.5 cm³/mol. The number of fused-ring (bicyclic) bond motifs is 1. The number of nitrogens with zero attached hydrogens (tertiary/aromatic N) is 4. The maximum absolute atomic E-state index is 6.17. The van der Waals surface area contributed by atoms with Crippen LogP contribution in [-0.4, -0.2) is 35.1 Å². The number of benzene rings is 1. The Morgan fingerprint density at radius 3 is 2.76 bits per heavy atom. The van der Waals surface area contributed by atoms with Crippen molar-refractivity contribution in [3.05, 3.63) is 41.1 Å². The van der Waals surface area contributed by atoms with Gasteiger partial charge in [0.05, 0.1) is 0 Å². The van der Waals surface area contributed by atoms with Gasteiger partial charge in [0.15, 0.2) is 22.4 Å². The first-order chi connectivity index (χ1) is 12.2. The molecular weight excluding hydrogens is 338 g/mol. The van der Waals surface area contributed by atoms with Gasteiger partial charge < -0.3 is 14.6 Å². The monoisotopic (exact) mass is 357 g/mol. The van der Waals surface area contributed by atoms with E-state index in [0.717, 1.165) is 60.0 Å². The Bertz CT molecular complexity index is 902. The minimum Gasteiger partial charge on any atom is -0.440 e. The highest BCUT2D eigenvalue weighted by molar-refractivity contribution is 6.32. The fraction of sp³-hybridized carbons (Fsp3) is 0.389. The zero-order chi connectivity index (χ0) is 17.4. The molecule has 25 heavy (non-hydrogen) atoms. The smallest absolute Gasteiger partial charge is 0.198 e. The van der Waals surface area contributed by atoms with Gasteiger partial charge >= 0.3 is 0 Å². The van der Waals surface area contributed by atoms with Crippen LogP contribution in [0.15, 0.2) is 28.9 Å². The molecule has 1 aliphatic heterocycles. The number of anilines is 2. The van der Waals surface area contributed by atoms with Gasteiger partial charge in [0, 0.05) is 26.1 Å². The first-order valence-electron chi connectivity index (χ1n) is 8.46. The van der Waals surface area contributed by atoms with Gasteiger partial charge in [0.25, 0.3) is 0 Å². The highest BCUT2D eigenvalue weighted by Gasteiger charge is 2.27. The van der Waals surface area contributed by atoms with E-state index in [0.29, 0.717) is 11.1 Å². The summed E-state index contributed by atoms with van der Waals surface area (Å²) in [5.41, 5.74) is 3.75. The molecule has 7 heteroatoms. The first-order valence-corrected chi connectivity index (χ1v) is 8.84. The van der Waals surface area contributed by atoms with Crippen molar-refractivity contribution >= 4 is 34.2 Å². The summed E-state index contributed by atoms with van der Waals surface area (Å²) in [6.07, 6.45) is 3.45. The SMILES string of the molecule is CNc1c(Cl)ncnc1N1CCC(c2nc3cccc(C)c3o2)CC1. The molecule has 1 aliphatic rings. The molecule has 2 aromatic heterocycles. The topological polar surface area (TPSA) is 67.1 Å². The van der Waals surface area contributed by atoms with Crippen LogP contribution in [0.3, 0.4) is 0 Å². The standard InChI is InChI=1S/C18H20ClN5O/c1-11-4-3-5-13-15(11)25-18(23-13)12-6-8-24(9-7-12)17-14(20-2)16(19)21-10-22-17/h3-5,10,12,20H,6-9H2,1-2H3. The van der Waals surface area contributed by atoms with Crippen LogP contribution in [0.2, 0.25) is 5.15 Å². The number of oxazole rings is 1. The van der Waals surface area contributed by atoms with Crippen molar-refractivity contribution in [2.45, 2.75) is 25.7 Å². The molecule has 3 heterocycles. The second kappa shape index (κ2) is 6.52. The molecule has 4 rings (SSSR count). The van der Waals surface area contributed by atoms with E-state index in [9.17, 15) is 0 Å². The molecule has 6 nitrogen and oxygen atoms in total. The normalized spacial score (nSPS) is 15.7. The molecule has 0 amide bonds. The van der Waals surface area contributed by atoms with Gasteiger partial charge in [-0.2, -0.15) is 0 Å². The van der Waals surface area contributed by atoms with Crippen LogP contribution in [0.1, 0.15) is 30.2 Å². The third-order valence-electron chi connectivity index (χ3n) is 4.80. The lowest BCUT2D eigenvalue weighted by atomic mass is 9.97. The van der Waals surface area contributed by atoms with Crippen molar-refractivity contribution in [2.24, 2.45) is 0 Å². The van der Waals surface area contributed by atoms with Gasteiger partial charge in [-0.3, -0.25) is 0 Å². The Morgan fingerprint density at radius 1 is 1.24 bits per heavy atom. The third-order valence-corrected chi connectivity index (χ3v) is 5.09. The van der Waals surface area contributed by atoms with Crippen LogP contribution in [0.5, 0.6) is 0 Å². The number of aromatic nitrogens is 3. The number of rotatable bonds is 3. The molecule has 1 aromatic carbocycles. The summed E-state index contributed by atoms with van der Waals surface area (Å²) in [4.78, 5) is 15.4. The first kappa shape index (κ1) is 16.1. The number of hydrogen-bond acceptors (Lipinski definition) is 6. The molecule has 0 aliphatic carbocycles. The van der Waals surface area contributed by atoms with E-state index < -0.39 is 0 Å².